The molecular weight excluding hydrogens is 340 g/mol. The third-order valence-electron chi connectivity index (χ3n) is 4.92. The molecule has 1 aromatic rings. The van der Waals surface area contributed by atoms with E-state index in [0.29, 0.717) is 37.6 Å². The van der Waals surface area contributed by atoms with Crippen molar-refractivity contribution in [2.45, 2.75) is 24.4 Å². The van der Waals surface area contributed by atoms with Gasteiger partial charge in [-0.3, -0.25) is 9.69 Å². The van der Waals surface area contributed by atoms with E-state index in [1.165, 1.54) is 0 Å². The molecule has 0 bridgehead atoms. The van der Waals surface area contributed by atoms with Gasteiger partial charge < -0.3 is 29.7 Å². The zero-order chi connectivity index (χ0) is 18.5. The maximum Gasteiger partial charge on any atom is 0.251 e. The van der Waals surface area contributed by atoms with E-state index in [0.717, 1.165) is 0 Å². The molecule has 2 fully saturated rings. The quantitative estimate of drug-likeness (QED) is 0.609. The summed E-state index contributed by atoms with van der Waals surface area (Å²) in [6.45, 7) is 2.56. The highest BCUT2D eigenvalue weighted by atomic mass is 16.5. The standard InChI is InChI=1S/C18H26N2O6/c1-24-13-4-2-12(3-5-13)18(23)19-10-14-16(17(22)15(11-21)26-14)20-6-8-25-9-7-20/h2-5,14-17,21-22H,6-11H2,1H3,(H,19,23)/t14-,15+,16+,17-/m1/s1. The molecule has 2 saturated heterocycles. The number of rotatable bonds is 6. The van der Waals surface area contributed by atoms with Crippen LogP contribution in [0.1, 0.15) is 10.4 Å². The SMILES string of the molecule is COc1ccc(C(=O)NC[C@H]2O[C@@H](CO)[C@@H](O)[C@H]2N2CCOCC2)cc1. The molecular formula is C18H26N2O6. The first-order chi connectivity index (χ1) is 12.6. The lowest BCUT2D eigenvalue weighted by molar-refractivity contribution is -0.0220. The van der Waals surface area contributed by atoms with Crippen LogP contribution in [-0.4, -0.2) is 91.9 Å². The van der Waals surface area contributed by atoms with Crippen molar-refractivity contribution in [1.29, 1.82) is 0 Å². The van der Waals surface area contributed by atoms with Crippen LogP contribution in [0.25, 0.3) is 0 Å². The average molecular weight is 366 g/mol. The number of nitrogens with one attached hydrogen (secondary N) is 1. The number of methoxy groups -OCH3 is 1. The molecule has 0 saturated carbocycles. The van der Waals surface area contributed by atoms with E-state index >= 15 is 0 Å². The molecule has 144 valence electrons. The molecule has 3 N–H and O–H groups in total. The first-order valence-electron chi connectivity index (χ1n) is 8.82. The van der Waals surface area contributed by atoms with Gasteiger partial charge in [-0.2, -0.15) is 0 Å². The number of carbonyl (C=O) groups is 1. The van der Waals surface area contributed by atoms with Crippen molar-refractivity contribution in [3.05, 3.63) is 29.8 Å². The Bertz CT molecular complexity index is 590. The van der Waals surface area contributed by atoms with Gasteiger partial charge in [0.15, 0.2) is 0 Å². The molecule has 0 radical (unpaired) electrons. The van der Waals surface area contributed by atoms with Crippen LogP contribution in [0, 0.1) is 0 Å². The maximum absolute atomic E-state index is 12.4. The van der Waals surface area contributed by atoms with Crippen molar-refractivity contribution in [2.24, 2.45) is 0 Å². The monoisotopic (exact) mass is 366 g/mol. The van der Waals surface area contributed by atoms with Crippen LogP contribution < -0.4 is 10.1 Å². The molecule has 2 aliphatic heterocycles. The minimum atomic E-state index is -0.805. The number of nitrogens with zero attached hydrogens (tertiary/aromatic N) is 1. The fourth-order valence-electron chi connectivity index (χ4n) is 3.51. The summed E-state index contributed by atoms with van der Waals surface area (Å²) in [6.07, 6.45) is -1.85. The molecule has 1 amide bonds. The Morgan fingerprint density at radius 1 is 1.27 bits per heavy atom. The van der Waals surface area contributed by atoms with E-state index in [2.05, 4.69) is 10.2 Å². The molecule has 3 rings (SSSR count). The predicted octanol–water partition coefficient (Wildman–Crippen LogP) is -0.754. The van der Waals surface area contributed by atoms with Gasteiger partial charge in [-0.1, -0.05) is 0 Å². The molecule has 0 aliphatic carbocycles. The number of hydrogen-bond donors (Lipinski definition) is 3. The van der Waals surface area contributed by atoms with Gasteiger partial charge in [0.25, 0.3) is 5.91 Å². The normalized spacial score (nSPS) is 29.5. The highest BCUT2D eigenvalue weighted by Crippen LogP contribution is 2.26. The second-order valence-corrected chi connectivity index (χ2v) is 6.46. The lowest BCUT2D eigenvalue weighted by atomic mass is 10.0. The highest BCUT2D eigenvalue weighted by Gasteiger charge is 2.46. The third kappa shape index (κ3) is 4.16. The van der Waals surface area contributed by atoms with Gasteiger partial charge in [-0.15, -0.1) is 0 Å². The van der Waals surface area contributed by atoms with E-state index in [1.54, 1.807) is 31.4 Å². The summed E-state index contributed by atoms with van der Waals surface area (Å²) in [6, 6.07) is 6.54. The van der Waals surface area contributed by atoms with Gasteiger partial charge in [0.05, 0.1) is 39.1 Å². The van der Waals surface area contributed by atoms with E-state index in [-0.39, 0.29) is 25.1 Å². The van der Waals surface area contributed by atoms with Crippen LogP contribution in [0.2, 0.25) is 0 Å². The molecule has 26 heavy (non-hydrogen) atoms. The minimum absolute atomic E-state index is 0.223. The topological polar surface area (TPSA) is 100 Å². The van der Waals surface area contributed by atoms with Crippen molar-refractivity contribution >= 4 is 5.91 Å². The predicted molar refractivity (Wildman–Crippen MR) is 93.3 cm³/mol. The lowest BCUT2D eigenvalue weighted by Crippen LogP contribution is -2.54. The third-order valence-corrected chi connectivity index (χ3v) is 4.92. The number of aliphatic hydroxyl groups is 2. The summed E-state index contributed by atoms with van der Waals surface area (Å²) in [5.74, 6) is 0.459. The average Bonchev–Trinajstić information content (AvgIpc) is 3.02. The Balaban J connectivity index is 1.62. The zero-order valence-electron chi connectivity index (χ0n) is 14.8. The molecule has 1 aromatic carbocycles. The summed E-state index contributed by atoms with van der Waals surface area (Å²) < 4.78 is 16.2. The number of aliphatic hydroxyl groups excluding tert-OH is 2. The fourth-order valence-corrected chi connectivity index (χ4v) is 3.51. The summed E-state index contributed by atoms with van der Waals surface area (Å²) in [4.78, 5) is 14.5. The molecule has 8 heteroatoms. The smallest absolute Gasteiger partial charge is 0.251 e. The van der Waals surface area contributed by atoms with Gasteiger partial charge in [0, 0.05) is 25.2 Å². The van der Waals surface area contributed by atoms with E-state index in [9.17, 15) is 15.0 Å². The van der Waals surface area contributed by atoms with Crippen molar-refractivity contribution in [3.63, 3.8) is 0 Å². The van der Waals surface area contributed by atoms with Crippen LogP contribution in [-0.2, 0) is 9.47 Å². The molecule has 2 heterocycles. The highest BCUT2D eigenvalue weighted by molar-refractivity contribution is 5.94. The van der Waals surface area contributed by atoms with Gasteiger partial charge in [-0.25, -0.2) is 0 Å². The van der Waals surface area contributed by atoms with E-state index < -0.39 is 18.3 Å². The first-order valence-corrected chi connectivity index (χ1v) is 8.82. The Morgan fingerprint density at radius 3 is 2.58 bits per heavy atom. The molecule has 4 atom stereocenters. The Labute approximate surface area is 152 Å². The lowest BCUT2D eigenvalue weighted by Gasteiger charge is -2.36. The van der Waals surface area contributed by atoms with Crippen molar-refractivity contribution in [1.82, 2.24) is 10.2 Å². The summed E-state index contributed by atoms with van der Waals surface area (Å²) in [5, 5.41) is 22.8. The van der Waals surface area contributed by atoms with Gasteiger partial charge in [0.2, 0.25) is 0 Å². The number of ether oxygens (including phenoxy) is 3. The van der Waals surface area contributed by atoms with Crippen LogP contribution in [0.15, 0.2) is 24.3 Å². The van der Waals surface area contributed by atoms with Crippen LogP contribution in [0.4, 0.5) is 0 Å². The zero-order valence-corrected chi connectivity index (χ0v) is 14.8. The Hall–Kier alpha value is -1.71. The summed E-state index contributed by atoms with van der Waals surface area (Å²) >= 11 is 0. The van der Waals surface area contributed by atoms with Gasteiger partial charge in [-0.05, 0) is 24.3 Å². The van der Waals surface area contributed by atoms with Crippen LogP contribution in [0.5, 0.6) is 5.75 Å². The Morgan fingerprint density at radius 2 is 1.96 bits per heavy atom. The number of benzene rings is 1. The van der Waals surface area contributed by atoms with E-state index in [4.69, 9.17) is 14.2 Å². The molecule has 0 unspecified atom stereocenters. The maximum atomic E-state index is 12.4. The van der Waals surface area contributed by atoms with Crippen molar-refractivity contribution in [2.75, 3.05) is 46.6 Å². The van der Waals surface area contributed by atoms with Crippen molar-refractivity contribution < 1.29 is 29.2 Å². The van der Waals surface area contributed by atoms with Gasteiger partial charge in [0.1, 0.15) is 18.0 Å². The molecule has 2 aliphatic rings. The number of carbonyl (C=O) groups excluding carboxylic acids is 1. The van der Waals surface area contributed by atoms with Crippen LogP contribution in [0.3, 0.4) is 0 Å². The molecule has 8 nitrogen and oxygen atoms in total. The van der Waals surface area contributed by atoms with Crippen LogP contribution >= 0.6 is 0 Å². The summed E-state index contributed by atoms with van der Waals surface area (Å²) in [7, 11) is 1.57. The van der Waals surface area contributed by atoms with Gasteiger partial charge >= 0.3 is 0 Å². The fraction of sp³-hybridized carbons (Fsp3) is 0.611. The largest absolute Gasteiger partial charge is 0.497 e. The first kappa shape index (κ1) is 19.1. The van der Waals surface area contributed by atoms with E-state index in [1.807, 2.05) is 0 Å². The number of morpholine rings is 1. The number of hydrogen-bond acceptors (Lipinski definition) is 7. The van der Waals surface area contributed by atoms with Crippen molar-refractivity contribution in [3.8, 4) is 5.75 Å². The Kier molecular flexibility index (Phi) is 6.44. The summed E-state index contributed by atoms with van der Waals surface area (Å²) in [5.41, 5.74) is 0.519. The molecule has 0 spiro atoms. The number of amides is 1. The second kappa shape index (κ2) is 8.79. The minimum Gasteiger partial charge on any atom is -0.497 e. The molecule has 0 aromatic heterocycles. The second-order valence-electron chi connectivity index (χ2n) is 6.46.